The van der Waals surface area contributed by atoms with Crippen molar-refractivity contribution >= 4 is 11.8 Å². The van der Waals surface area contributed by atoms with E-state index in [1.165, 1.54) is 5.57 Å². The second-order valence-electron chi connectivity index (χ2n) is 22.0. The highest BCUT2D eigenvalue weighted by Crippen LogP contribution is 2.75. The molecule has 5 aliphatic carbocycles. The van der Waals surface area contributed by atoms with Gasteiger partial charge >= 0.3 is 5.97 Å². The van der Waals surface area contributed by atoms with Gasteiger partial charge in [0.15, 0.2) is 28.8 Å². The van der Waals surface area contributed by atoms with Gasteiger partial charge in [-0.3, -0.25) is 9.59 Å². The van der Waals surface area contributed by atoms with Gasteiger partial charge in [-0.05, 0) is 145 Å². The van der Waals surface area contributed by atoms with Crippen molar-refractivity contribution in [2.45, 2.75) is 125 Å². The molecule has 13 unspecified atom stereocenters. The molecule has 11 rings (SSSR count). The largest absolute Gasteiger partial charge is 0.481 e. The SMILES string of the molecule is CC1(C(=O)O)CCC2(C)CCC3(C)C(=CC(=O)C4C5(C)CCC(O)C(C)(C)C5CCC43C)C2C1.c1cc2c(cc1C1OCC3C(c4ccc5c(c4)OCO5)OCC13)OCO2. The summed E-state index contributed by atoms with van der Waals surface area (Å²) in [6, 6.07) is 12.1. The Balaban J connectivity index is 0.000000149. The van der Waals surface area contributed by atoms with E-state index in [1.807, 2.05) is 37.3 Å². The van der Waals surface area contributed by atoms with Gasteiger partial charge in [-0.2, -0.15) is 0 Å². The van der Waals surface area contributed by atoms with Crippen LogP contribution in [0, 0.1) is 62.1 Å². The number of aliphatic hydroxyl groups is 1. The van der Waals surface area contributed by atoms with Crippen LogP contribution in [0.2, 0.25) is 0 Å². The van der Waals surface area contributed by atoms with Gasteiger partial charge in [0.25, 0.3) is 0 Å². The maximum atomic E-state index is 14.2. The smallest absolute Gasteiger partial charge is 0.309 e. The number of hydrogen-bond donors (Lipinski definition) is 2. The lowest BCUT2D eigenvalue weighted by Crippen LogP contribution is -2.66. The molecule has 10 nitrogen and oxygen atoms in total. The summed E-state index contributed by atoms with van der Waals surface area (Å²) in [5.41, 5.74) is 2.39. The lowest BCUT2D eigenvalue weighted by molar-refractivity contribution is -0.202. The maximum absolute atomic E-state index is 14.2. The van der Waals surface area contributed by atoms with E-state index >= 15 is 0 Å². The first-order valence-corrected chi connectivity index (χ1v) is 22.6. The highest BCUT2D eigenvalue weighted by molar-refractivity contribution is 5.95. The van der Waals surface area contributed by atoms with Crippen molar-refractivity contribution < 1.29 is 48.2 Å². The van der Waals surface area contributed by atoms with Crippen LogP contribution >= 0.6 is 0 Å². The third-order valence-corrected chi connectivity index (χ3v) is 18.8. The van der Waals surface area contributed by atoms with Crippen LogP contribution in [0.25, 0.3) is 0 Å². The fourth-order valence-corrected chi connectivity index (χ4v) is 14.8. The zero-order chi connectivity index (χ0) is 42.2. The van der Waals surface area contributed by atoms with E-state index in [1.54, 1.807) is 0 Å². The van der Waals surface area contributed by atoms with Gasteiger partial charge in [0.05, 0.1) is 36.9 Å². The van der Waals surface area contributed by atoms with E-state index in [-0.39, 0.29) is 76.6 Å². The number of allylic oxidation sites excluding steroid dienone is 2. The van der Waals surface area contributed by atoms with Gasteiger partial charge in [-0.15, -0.1) is 0 Å². The molecule has 0 aromatic heterocycles. The van der Waals surface area contributed by atoms with Crippen molar-refractivity contribution in [3.8, 4) is 23.0 Å². The summed E-state index contributed by atoms with van der Waals surface area (Å²) < 4.78 is 34.2. The minimum absolute atomic E-state index is 0.0218. The highest BCUT2D eigenvalue weighted by Gasteiger charge is 2.70. The van der Waals surface area contributed by atoms with Crippen molar-refractivity contribution in [3.63, 3.8) is 0 Å². The molecule has 4 saturated carbocycles. The molecule has 9 aliphatic rings. The predicted molar refractivity (Wildman–Crippen MR) is 223 cm³/mol. The Hall–Kier alpha value is -3.60. The zero-order valence-corrected chi connectivity index (χ0v) is 36.5. The van der Waals surface area contributed by atoms with Crippen LogP contribution < -0.4 is 18.9 Å². The van der Waals surface area contributed by atoms with Gasteiger partial charge in [-0.1, -0.05) is 59.2 Å². The molecule has 13 atom stereocenters. The van der Waals surface area contributed by atoms with E-state index in [2.05, 4.69) is 53.7 Å². The normalized spacial score (nSPS) is 43.9. The fourth-order valence-electron chi connectivity index (χ4n) is 14.8. The topological polar surface area (TPSA) is 130 Å². The van der Waals surface area contributed by atoms with E-state index in [0.717, 1.165) is 85.5 Å². The van der Waals surface area contributed by atoms with Gasteiger partial charge in [0.1, 0.15) is 0 Å². The molecule has 0 amide bonds. The Kier molecular flexibility index (Phi) is 9.24. The van der Waals surface area contributed by atoms with Crippen LogP contribution in [0.3, 0.4) is 0 Å². The van der Waals surface area contributed by atoms with Crippen molar-refractivity contribution in [1.29, 1.82) is 0 Å². The lowest BCUT2D eigenvalue weighted by Gasteiger charge is -2.70. The fraction of sp³-hybridized carbons (Fsp3) is 0.680. The molecule has 4 aliphatic heterocycles. The molecule has 0 spiro atoms. The number of ketones is 1. The minimum Gasteiger partial charge on any atom is -0.481 e. The van der Waals surface area contributed by atoms with E-state index in [9.17, 15) is 19.8 Å². The third-order valence-electron chi connectivity index (χ3n) is 18.8. The number of aliphatic hydroxyl groups excluding tert-OH is 1. The first-order chi connectivity index (χ1) is 28.4. The minimum atomic E-state index is -0.711. The Morgan fingerprint density at radius 2 is 1.27 bits per heavy atom. The summed E-state index contributed by atoms with van der Waals surface area (Å²) in [4.78, 5) is 26.4. The Labute approximate surface area is 354 Å². The molecular weight excluding hydrogens is 761 g/mol. The van der Waals surface area contributed by atoms with Gasteiger partial charge in [0.2, 0.25) is 13.6 Å². The van der Waals surface area contributed by atoms with Crippen LogP contribution in [0.1, 0.15) is 130 Å². The molecule has 324 valence electrons. The number of aliphatic carboxylic acids is 1. The Morgan fingerprint density at radius 3 is 1.85 bits per heavy atom. The van der Waals surface area contributed by atoms with Crippen LogP contribution in [-0.2, 0) is 19.1 Å². The summed E-state index contributed by atoms with van der Waals surface area (Å²) in [5, 5.41) is 20.9. The quantitative estimate of drug-likeness (QED) is 0.309. The average molecular weight is 825 g/mol. The summed E-state index contributed by atoms with van der Waals surface area (Å²) in [5.74, 6) is 3.89. The molecule has 10 heteroatoms. The number of ether oxygens (including phenoxy) is 6. The second-order valence-corrected chi connectivity index (χ2v) is 22.0. The molecule has 4 heterocycles. The van der Waals surface area contributed by atoms with Crippen LogP contribution in [-0.4, -0.2) is 54.9 Å². The molecule has 0 radical (unpaired) electrons. The van der Waals surface area contributed by atoms with E-state index < -0.39 is 11.4 Å². The summed E-state index contributed by atoms with van der Waals surface area (Å²) in [6.45, 7) is 17.8. The van der Waals surface area contributed by atoms with Gasteiger partial charge in [0, 0.05) is 17.8 Å². The van der Waals surface area contributed by atoms with Crippen molar-refractivity contribution in [2.75, 3.05) is 26.8 Å². The number of carbonyl (C=O) groups excluding carboxylic acids is 1. The standard InChI is InChI=1S/C30H46O4.C20H18O6/c1-25(2)21-8-11-30(7)23(28(21,5)10-9-22(25)32)20(31)16-18-19-17-27(4,24(33)34)13-12-26(19,3)14-15-29(18,30)6;1-3-15-17(25-9-23-15)5-11(1)19-13-7-22-20(14(13)8-21-19)12-2-4-16-18(6-12)26-10-24-16/h16,19,21-23,32H,8-15,17H2,1-7H3,(H,33,34);1-6,13-14,19-20H,7-10H2. The number of rotatable bonds is 3. The van der Waals surface area contributed by atoms with Crippen LogP contribution in [0.15, 0.2) is 48.0 Å². The van der Waals surface area contributed by atoms with Gasteiger partial charge < -0.3 is 38.6 Å². The van der Waals surface area contributed by atoms with Crippen molar-refractivity contribution in [2.24, 2.45) is 62.1 Å². The van der Waals surface area contributed by atoms with Crippen LogP contribution in [0.4, 0.5) is 0 Å². The first kappa shape index (κ1) is 40.5. The summed E-state index contributed by atoms with van der Waals surface area (Å²) in [6.07, 6.45) is 10.00. The first-order valence-electron chi connectivity index (χ1n) is 22.6. The number of carbonyl (C=O) groups is 2. The molecule has 2 N–H and O–H groups in total. The number of benzene rings is 2. The van der Waals surface area contributed by atoms with Crippen molar-refractivity contribution in [1.82, 2.24) is 0 Å². The Morgan fingerprint density at radius 1 is 0.700 bits per heavy atom. The number of hydrogen-bond acceptors (Lipinski definition) is 9. The van der Waals surface area contributed by atoms with E-state index in [0.29, 0.717) is 37.4 Å². The number of fused-ring (bicyclic) bond motifs is 10. The average Bonchev–Trinajstić information content (AvgIpc) is 4.03. The second kappa shape index (κ2) is 13.7. The summed E-state index contributed by atoms with van der Waals surface area (Å²) in [7, 11) is 0. The molecule has 60 heavy (non-hydrogen) atoms. The third kappa shape index (κ3) is 5.74. The van der Waals surface area contributed by atoms with Crippen molar-refractivity contribution in [3.05, 3.63) is 59.2 Å². The molecule has 0 bridgehead atoms. The lowest BCUT2D eigenvalue weighted by atomic mass is 9.33. The zero-order valence-electron chi connectivity index (χ0n) is 36.5. The number of carboxylic acid groups (broad SMARTS) is 1. The summed E-state index contributed by atoms with van der Waals surface area (Å²) >= 11 is 0. The van der Waals surface area contributed by atoms with Crippen LogP contribution in [0.5, 0.6) is 23.0 Å². The Bertz CT molecular complexity index is 2060. The molecule has 2 aromatic rings. The molecule has 2 aromatic carbocycles. The molecule has 6 fully saturated rings. The maximum Gasteiger partial charge on any atom is 0.309 e. The molecular formula is C50H64O10. The highest BCUT2D eigenvalue weighted by atomic mass is 16.7. The van der Waals surface area contributed by atoms with Gasteiger partial charge in [-0.25, -0.2) is 0 Å². The number of carboxylic acids is 1. The monoisotopic (exact) mass is 824 g/mol. The predicted octanol–water partition coefficient (Wildman–Crippen LogP) is 9.63. The van der Waals surface area contributed by atoms with E-state index in [4.69, 9.17) is 28.4 Å². The molecule has 2 saturated heterocycles.